The average molecular weight is 233 g/mol. The summed E-state index contributed by atoms with van der Waals surface area (Å²) in [7, 11) is 1.26. The van der Waals surface area contributed by atoms with Gasteiger partial charge in [-0.3, -0.25) is 4.79 Å². The molecule has 5 heteroatoms. The minimum Gasteiger partial charge on any atom is -0.478 e. The zero-order valence-electron chi connectivity index (χ0n) is 9.19. The molecule has 0 heterocycles. The van der Waals surface area contributed by atoms with Gasteiger partial charge in [0, 0.05) is 11.3 Å². The zero-order chi connectivity index (χ0) is 12.8. The normalized spacial score (nSPS) is 9.00. The smallest absolute Gasteiger partial charge is 0.337 e. The van der Waals surface area contributed by atoms with Crippen LogP contribution in [0.2, 0.25) is 0 Å². The maximum Gasteiger partial charge on any atom is 0.337 e. The number of carbonyl (C=O) groups excluding carboxylic acids is 1. The van der Waals surface area contributed by atoms with Gasteiger partial charge < -0.3 is 15.6 Å². The fourth-order valence-corrected chi connectivity index (χ4v) is 1.13. The van der Waals surface area contributed by atoms with E-state index in [9.17, 15) is 9.59 Å². The highest BCUT2D eigenvalue weighted by Crippen LogP contribution is 2.12. The number of methoxy groups -OCH3 is 1. The predicted octanol–water partition coefficient (Wildman–Crippen LogP) is 0.882. The van der Waals surface area contributed by atoms with E-state index < -0.39 is 11.9 Å². The minimum atomic E-state index is -1.11. The van der Waals surface area contributed by atoms with E-state index in [2.05, 4.69) is 16.6 Å². The van der Waals surface area contributed by atoms with Crippen molar-refractivity contribution in [3.05, 3.63) is 29.3 Å². The van der Waals surface area contributed by atoms with Gasteiger partial charge in [-0.15, -0.1) is 0 Å². The molecule has 1 rings (SSSR count). The lowest BCUT2D eigenvalue weighted by molar-refractivity contribution is -0.139. The topological polar surface area (TPSA) is 89.6 Å². The van der Waals surface area contributed by atoms with Crippen molar-refractivity contribution in [3.8, 4) is 11.8 Å². The lowest BCUT2D eigenvalue weighted by atomic mass is 10.1. The van der Waals surface area contributed by atoms with E-state index in [1.54, 1.807) is 6.07 Å². The SMILES string of the molecule is COC(=O)CC#Cc1ccc(N)cc1C(=O)O. The summed E-state index contributed by atoms with van der Waals surface area (Å²) in [6.45, 7) is 0. The predicted molar refractivity (Wildman–Crippen MR) is 61.3 cm³/mol. The Morgan fingerprint density at radius 3 is 2.76 bits per heavy atom. The third-order valence-electron chi connectivity index (χ3n) is 1.96. The van der Waals surface area contributed by atoms with Crippen LogP contribution in [0.1, 0.15) is 22.3 Å². The molecule has 0 saturated heterocycles. The summed E-state index contributed by atoms with van der Waals surface area (Å²) in [5.41, 5.74) is 6.16. The van der Waals surface area contributed by atoms with Gasteiger partial charge in [-0.25, -0.2) is 4.79 Å². The summed E-state index contributed by atoms with van der Waals surface area (Å²) in [4.78, 5) is 21.7. The molecular weight excluding hydrogens is 222 g/mol. The van der Waals surface area contributed by atoms with Gasteiger partial charge in [0.15, 0.2) is 0 Å². The molecule has 5 nitrogen and oxygen atoms in total. The number of nitrogens with two attached hydrogens (primary N) is 1. The van der Waals surface area contributed by atoms with Crippen LogP contribution in [-0.4, -0.2) is 24.2 Å². The molecule has 0 amide bonds. The van der Waals surface area contributed by atoms with Gasteiger partial charge in [-0.2, -0.15) is 0 Å². The lowest BCUT2D eigenvalue weighted by Gasteiger charge is -2.00. The Hall–Kier alpha value is -2.48. The Kier molecular flexibility index (Phi) is 4.12. The monoisotopic (exact) mass is 233 g/mol. The second-order valence-electron chi connectivity index (χ2n) is 3.16. The molecule has 0 aliphatic carbocycles. The number of hydrogen-bond acceptors (Lipinski definition) is 4. The number of benzene rings is 1. The summed E-state index contributed by atoms with van der Waals surface area (Å²) in [5.74, 6) is 3.56. The van der Waals surface area contributed by atoms with Crippen molar-refractivity contribution in [2.75, 3.05) is 12.8 Å². The summed E-state index contributed by atoms with van der Waals surface area (Å²) >= 11 is 0. The van der Waals surface area contributed by atoms with Gasteiger partial charge in [-0.05, 0) is 18.2 Å². The van der Waals surface area contributed by atoms with Crippen LogP contribution in [0.15, 0.2) is 18.2 Å². The van der Waals surface area contributed by atoms with Crippen LogP contribution in [0.3, 0.4) is 0 Å². The van der Waals surface area contributed by atoms with E-state index in [-0.39, 0.29) is 12.0 Å². The number of nitrogen functional groups attached to an aromatic ring is 1. The van der Waals surface area contributed by atoms with Crippen molar-refractivity contribution >= 4 is 17.6 Å². The number of ether oxygens (including phenoxy) is 1. The van der Waals surface area contributed by atoms with Crippen LogP contribution in [0.5, 0.6) is 0 Å². The highest BCUT2D eigenvalue weighted by Gasteiger charge is 2.08. The molecule has 1 aromatic carbocycles. The zero-order valence-corrected chi connectivity index (χ0v) is 9.19. The molecular formula is C12H11NO4. The third kappa shape index (κ3) is 3.54. The van der Waals surface area contributed by atoms with Crippen LogP contribution in [0, 0.1) is 11.8 Å². The molecule has 3 N–H and O–H groups in total. The fraction of sp³-hybridized carbons (Fsp3) is 0.167. The molecule has 0 saturated carbocycles. The molecule has 0 spiro atoms. The van der Waals surface area contributed by atoms with E-state index in [0.717, 1.165) is 0 Å². The van der Waals surface area contributed by atoms with Crippen LogP contribution < -0.4 is 5.73 Å². The van der Waals surface area contributed by atoms with Crippen LogP contribution in [0.25, 0.3) is 0 Å². The van der Waals surface area contributed by atoms with Gasteiger partial charge in [0.05, 0.1) is 12.7 Å². The van der Waals surface area contributed by atoms with Crippen molar-refractivity contribution in [1.82, 2.24) is 0 Å². The van der Waals surface area contributed by atoms with Gasteiger partial charge in [0.2, 0.25) is 0 Å². The Morgan fingerprint density at radius 2 is 2.18 bits per heavy atom. The Labute approximate surface area is 98.2 Å². The number of rotatable bonds is 2. The average Bonchev–Trinajstić information content (AvgIpc) is 2.30. The van der Waals surface area contributed by atoms with Gasteiger partial charge in [0.25, 0.3) is 0 Å². The van der Waals surface area contributed by atoms with Gasteiger partial charge >= 0.3 is 11.9 Å². The minimum absolute atomic E-state index is 0.0161. The van der Waals surface area contributed by atoms with Gasteiger partial charge in [0.1, 0.15) is 6.42 Å². The molecule has 0 bridgehead atoms. The number of aromatic carboxylic acids is 1. The first-order valence-electron chi connectivity index (χ1n) is 4.73. The number of anilines is 1. The first kappa shape index (κ1) is 12.6. The maximum atomic E-state index is 10.9. The molecule has 0 fully saturated rings. The van der Waals surface area contributed by atoms with Crippen molar-refractivity contribution in [1.29, 1.82) is 0 Å². The molecule has 0 unspecified atom stereocenters. The molecule has 88 valence electrons. The second-order valence-corrected chi connectivity index (χ2v) is 3.16. The van der Waals surface area contributed by atoms with E-state index in [4.69, 9.17) is 10.8 Å². The van der Waals surface area contributed by atoms with Crippen molar-refractivity contribution in [3.63, 3.8) is 0 Å². The summed E-state index contributed by atoms with van der Waals surface area (Å²) in [5, 5.41) is 8.93. The van der Waals surface area contributed by atoms with E-state index >= 15 is 0 Å². The standard InChI is InChI=1S/C12H11NO4/c1-17-11(14)4-2-3-8-5-6-9(13)7-10(8)12(15)16/h5-7H,4,13H2,1H3,(H,15,16). The Morgan fingerprint density at radius 1 is 1.47 bits per heavy atom. The number of carboxylic acid groups (broad SMARTS) is 1. The Balaban J connectivity index is 2.98. The molecule has 17 heavy (non-hydrogen) atoms. The van der Waals surface area contributed by atoms with E-state index in [1.807, 2.05) is 0 Å². The summed E-state index contributed by atoms with van der Waals surface area (Å²) < 4.78 is 4.41. The van der Waals surface area contributed by atoms with Crippen LogP contribution in [-0.2, 0) is 9.53 Å². The molecule has 0 atom stereocenters. The second kappa shape index (κ2) is 5.56. The number of esters is 1. The molecule has 0 aliphatic rings. The van der Waals surface area contributed by atoms with Crippen molar-refractivity contribution < 1.29 is 19.4 Å². The molecule has 0 aromatic heterocycles. The van der Waals surface area contributed by atoms with E-state index in [1.165, 1.54) is 19.2 Å². The van der Waals surface area contributed by atoms with Crippen LogP contribution in [0.4, 0.5) is 5.69 Å². The van der Waals surface area contributed by atoms with Crippen molar-refractivity contribution in [2.24, 2.45) is 0 Å². The summed E-state index contributed by atoms with van der Waals surface area (Å²) in [6, 6.07) is 4.38. The van der Waals surface area contributed by atoms with Gasteiger partial charge in [-0.1, -0.05) is 11.8 Å². The number of carbonyl (C=O) groups is 2. The quantitative estimate of drug-likeness (QED) is 0.449. The van der Waals surface area contributed by atoms with Crippen molar-refractivity contribution in [2.45, 2.75) is 6.42 Å². The number of carboxylic acids is 1. The molecule has 0 aliphatic heterocycles. The largest absolute Gasteiger partial charge is 0.478 e. The molecule has 0 radical (unpaired) electrons. The van der Waals surface area contributed by atoms with E-state index in [0.29, 0.717) is 11.3 Å². The summed E-state index contributed by atoms with van der Waals surface area (Å²) in [6.07, 6.45) is -0.0834. The lowest BCUT2D eigenvalue weighted by Crippen LogP contribution is -2.02. The highest BCUT2D eigenvalue weighted by atomic mass is 16.5. The first-order chi connectivity index (χ1) is 8.04. The number of hydrogen-bond donors (Lipinski definition) is 2. The van der Waals surface area contributed by atoms with Crippen LogP contribution >= 0.6 is 0 Å². The highest BCUT2D eigenvalue weighted by molar-refractivity contribution is 5.92. The first-order valence-corrected chi connectivity index (χ1v) is 4.73. The molecule has 1 aromatic rings. The third-order valence-corrected chi connectivity index (χ3v) is 1.96. The fourth-order valence-electron chi connectivity index (χ4n) is 1.13. The Bertz CT molecular complexity index is 511. The maximum absolute atomic E-state index is 10.9.